The Morgan fingerprint density at radius 3 is 2.32 bits per heavy atom. The second-order valence-electron chi connectivity index (χ2n) is 10.1. The summed E-state index contributed by atoms with van der Waals surface area (Å²) in [5, 5.41) is 6.65. The van der Waals surface area contributed by atoms with Crippen LogP contribution in [0.2, 0.25) is 0 Å². The fourth-order valence-corrected chi connectivity index (χ4v) is 5.66. The summed E-state index contributed by atoms with van der Waals surface area (Å²) in [6, 6.07) is 0. The molecule has 0 aromatic heterocycles. The summed E-state index contributed by atoms with van der Waals surface area (Å²) in [6.07, 6.45) is 11.5. The van der Waals surface area contributed by atoms with Crippen LogP contribution < -0.4 is 10.6 Å². The quantitative estimate of drug-likeness (QED) is 0.557. The van der Waals surface area contributed by atoms with Crippen LogP contribution in [0.5, 0.6) is 0 Å². The number of fused-ring (bicyclic) bond motifs is 3. The molecule has 0 spiro atoms. The fourth-order valence-electron chi connectivity index (χ4n) is 5.66. The van der Waals surface area contributed by atoms with Gasteiger partial charge in [0.25, 0.3) is 0 Å². The van der Waals surface area contributed by atoms with Gasteiger partial charge in [-0.05, 0) is 44.4 Å². The highest BCUT2D eigenvalue weighted by Gasteiger charge is 2.49. The molecular formula is C23H38N4O4. The number of rotatable bonds is 8. The molecule has 3 heterocycles. The highest BCUT2D eigenvalue weighted by atomic mass is 16.5. The minimum Gasteiger partial charge on any atom is -0.371 e. The van der Waals surface area contributed by atoms with E-state index < -0.39 is 0 Å². The fraction of sp³-hybridized carbons (Fsp3) is 0.870. The summed E-state index contributed by atoms with van der Waals surface area (Å²) in [5.41, 5.74) is -0.366. The van der Waals surface area contributed by atoms with E-state index in [1.54, 1.807) is 4.90 Å². The molecule has 0 radical (unpaired) electrons. The molecule has 8 heteroatoms. The Balaban J connectivity index is 1.17. The minimum atomic E-state index is -0.235. The number of nitrogens with one attached hydrogen (secondary N) is 2. The molecule has 174 valence electrons. The first kappa shape index (κ1) is 22.5. The highest BCUT2D eigenvalue weighted by molar-refractivity contribution is 5.78. The van der Waals surface area contributed by atoms with Crippen LogP contribution in [0, 0.1) is 5.92 Å². The molecular weight excluding hydrogens is 396 g/mol. The average Bonchev–Trinajstić information content (AvgIpc) is 2.83. The zero-order valence-electron chi connectivity index (χ0n) is 18.7. The van der Waals surface area contributed by atoms with E-state index in [9.17, 15) is 14.4 Å². The van der Waals surface area contributed by atoms with Crippen LogP contribution >= 0.6 is 0 Å². The summed E-state index contributed by atoms with van der Waals surface area (Å²) >= 11 is 0. The molecule has 0 aromatic carbocycles. The number of carbonyl (C=O) groups excluding carboxylic acids is 3. The van der Waals surface area contributed by atoms with E-state index in [2.05, 4.69) is 10.6 Å². The van der Waals surface area contributed by atoms with Crippen molar-refractivity contribution < 1.29 is 19.1 Å². The number of ether oxygens (including phenoxy) is 1. The van der Waals surface area contributed by atoms with E-state index >= 15 is 0 Å². The molecule has 31 heavy (non-hydrogen) atoms. The van der Waals surface area contributed by atoms with Gasteiger partial charge in [0, 0.05) is 44.7 Å². The van der Waals surface area contributed by atoms with Crippen molar-refractivity contribution in [2.24, 2.45) is 5.92 Å². The van der Waals surface area contributed by atoms with E-state index in [1.807, 2.05) is 4.90 Å². The van der Waals surface area contributed by atoms with Crippen molar-refractivity contribution in [3.63, 3.8) is 0 Å². The second kappa shape index (κ2) is 9.86. The zero-order chi connectivity index (χ0) is 21.7. The smallest absolute Gasteiger partial charge is 0.236 e. The molecule has 8 nitrogen and oxygen atoms in total. The van der Waals surface area contributed by atoms with Crippen molar-refractivity contribution in [2.45, 2.75) is 75.3 Å². The maximum Gasteiger partial charge on any atom is 0.236 e. The molecule has 5 fully saturated rings. The van der Waals surface area contributed by atoms with Gasteiger partial charge in [0.05, 0.1) is 18.8 Å². The molecule has 0 atom stereocenters. The molecule has 3 aliphatic heterocycles. The zero-order valence-corrected chi connectivity index (χ0v) is 18.7. The lowest BCUT2D eigenvalue weighted by atomic mass is 9.71. The summed E-state index contributed by atoms with van der Waals surface area (Å²) in [4.78, 5) is 39.4. The Morgan fingerprint density at radius 2 is 1.71 bits per heavy atom. The molecule has 2 bridgehead atoms. The SMILES string of the molecule is O=CN1CCN(C(=O)CNC23CCC(CNC(=O)CC4CCCCC4)(CC2)OC3)CC1. The van der Waals surface area contributed by atoms with E-state index in [1.165, 1.54) is 32.1 Å². The second-order valence-corrected chi connectivity index (χ2v) is 10.1. The molecule has 5 aliphatic rings. The first-order chi connectivity index (χ1) is 15.0. The van der Waals surface area contributed by atoms with Gasteiger partial charge in [0.2, 0.25) is 18.2 Å². The summed E-state index contributed by atoms with van der Waals surface area (Å²) < 4.78 is 6.27. The third-order valence-electron chi connectivity index (χ3n) is 8.01. The minimum absolute atomic E-state index is 0.0947. The lowest BCUT2D eigenvalue weighted by molar-refractivity contribution is -0.163. The van der Waals surface area contributed by atoms with Gasteiger partial charge >= 0.3 is 0 Å². The maximum atomic E-state index is 12.6. The molecule has 5 rings (SSSR count). The topological polar surface area (TPSA) is 91.0 Å². The van der Waals surface area contributed by atoms with Crippen molar-refractivity contribution in [1.82, 2.24) is 20.4 Å². The number of hydrogen-bond donors (Lipinski definition) is 2. The maximum absolute atomic E-state index is 12.6. The van der Waals surface area contributed by atoms with Gasteiger partial charge in [0.1, 0.15) is 0 Å². The highest BCUT2D eigenvalue weighted by Crippen LogP contribution is 2.43. The number of nitrogens with zero attached hydrogens (tertiary/aromatic N) is 2. The van der Waals surface area contributed by atoms with Crippen LogP contribution in [-0.4, -0.2) is 85.0 Å². The molecule has 2 aliphatic carbocycles. The van der Waals surface area contributed by atoms with Crippen LogP contribution in [-0.2, 0) is 19.1 Å². The Hall–Kier alpha value is -1.67. The molecule has 0 aromatic rings. The number of amides is 3. The van der Waals surface area contributed by atoms with Crippen molar-refractivity contribution in [3.05, 3.63) is 0 Å². The monoisotopic (exact) mass is 434 g/mol. The summed E-state index contributed by atoms with van der Waals surface area (Å²) in [7, 11) is 0. The molecule has 2 saturated carbocycles. The van der Waals surface area contributed by atoms with Crippen LogP contribution in [0.1, 0.15) is 64.2 Å². The lowest BCUT2D eigenvalue weighted by Gasteiger charge is -2.53. The molecule has 3 saturated heterocycles. The van der Waals surface area contributed by atoms with Gasteiger partial charge in [-0.2, -0.15) is 0 Å². The summed E-state index contributed by atoms with van der Waals surface area (Å²) in [6.45, 7) is 3.94. The van der Waals surface area contributed by atoms with E-state index in [0.29, 0.717) is 58.2 Å². The normalized spacial score (nSPS) is 31.5. The standard InChI is InChI=1S/C23H38N4O4/c28-18-26-10-12-27(13-11-26)21(30)15-25-22-6-8-23(9-7-22,31-17-22)16-24-20(29)14-19-4-2-1-3-5-19/h18-19,25H,1-17H2,(H,24,29). The number of hydrogen-bond acceptors (Lipinski definition) is 5. The predicted molar refractivity (Wildman–Crippen MR) is 116 cm³/mol. The molecule has 0 unspecified atom stereocenters. The third-order valence-corrected chi connectivity index (χ3v) is 8.01. The number of carbonyl (C=O) groups is 3. The Kier molecular flexibility index (Phi) is 7.16. The first-order valence-electron chi connectivity index (χ1n) is 12.1. The van der Waals surface area contributed by atoms with Gasteiger partial charge in [-0.25, -0.2) is 0 Å². The van der Waals surface area contributed by atoms with E-state index in [0.717, 1.165) is 32.1 Å². The van der Waals surface area contributed by atoms with Gasteiger partial charge in [-0.1, -0.05) is 19.3 Å². The van der Waals surface area contributed by atoms with Gasteiger partial charge < -0.3 is 25.2 Å². The average molecular weight is 435 g/mol. The van der Waals surface area contributed by atoms with Gasteiger partial charge in [-0.3, -0.25) is 14.4 Å². The van der Waals surface area contributed by atoms with Crippen molar-refractivity contribution >= 4 is 18.2 Å². The van der Waals surface area contributed by atoms with E-state index in [-0.39, 0.29) is 23.0 Å². The predicted octanol–water partition coefficient (Wildman–Crippen LogP) is 1.05. The largest absolute Gasteiger partial charge is 0.371 e. The van der Waals surface area contributed by atoms with Gasteiger partial charge in [-0.15, -0.1) is 0 Å². The van der Waals surface area contributed by atoms with Crippen LogP contribution in [0.4, 0.5) is 0 Å². The Labute approximate surface area is 185 Å². The first-order valence-corrected chi connectivity index (χ1v) is 12.1. The molecule has 3 amide bonds. The van der Waals surface area contributed by atoms with Crippen LogP contribution in [0.15, 0.2) is 0 Å². The Bertz CT molecular complexity index is 631. The van der Waals surface area contributed by atoms with Crippen LogP contribution in [0.25, 0.3) is 0 Å². The van der Waals surface area contributed by atoms with Crippen molar-refractivity contribution in [3.8, 4) is 0 Å². The molecule has 2 N–H and O–H groups in total. The van der Waals surface area contributed by atoms with Crippen molar-refractivity contribution in [1.29, 1.82) is 0 Å². The van der Waals surface area contributed by atoms with Crippen LogP contribution in [0.3, 0.4) is 0 Å². The van der Waals surface area contributed by atoms with Gasteiger partial charge in [0.15, 0.2) is 0 Å². The van der Waals surface area contributed by atoms with E-state index in [4.69, 9.17) is 4.74 Å². The lowest BCUT2D eigenvalue weighted by Crippen LogP contribution is -2.65. The Morgan fingerprint density at radius 1 is 1.00 bits per heavy atom. The number of piperazine rings is 1. The third kappa shape index (κ3) is 5.58. The summed E-state index contributed by atoms with van der Waals surface area (Å²) in [5.74, 6) is 0.823. The van der Waals surface area contributed by atoms with Crippen molar-refractivity contribution in [2.75, 3.05) is 45.9 Å².